The average Bonchev–Trinajstić information content (AvgIpc) is 2.39. The number of rotatable bonds is 1. The third-order valence-corrected chi connectivity index (χ3v) is 2.00. The SMILES string of the molecule is CC(=O)c1nccc(C)n1.Cc1ccnc(C#N)n1. The lowest BCUT2D eigenvalue weighted by molar-refractivity contribution is 0.100. The van der Waals surface area contributed by atoms with Gasteiger partial charge in [0.1, 0.15) is 6.07 Å². The maximum atomic E-state index is 10.7. The van der Waals surface area contributed by atoms with Crippen LogP contribution in [-0.4, -0.2) is 25.7 Å². The number of carbonyl (C=O) groups is 1. The van der Waals surface area contributed by atoms with Gasteiger partial charge in [0.2, 0.25) is 5.82 Å². The van der Waals surface area contributed by atoms with Crippen LogP contribution in [0.1, 0.15) is 34.8 Å². The Morgan fingerprint density at radius 1 is 1.11 bits per heavy atom. The van der Waals surface area contributed by atoms with Crippen LogP contribution in [0.2, 0.25) is 0 Å². The number of ketones is 1. The maximum absolute atomic E-state index is 10.7. The second-order valence-corrected chi connectivity index (χ2v) is 3.71. The molecule has 0 spiro atoms. The molecule has 0 aromatic carbocycles. The highest BCUT2D eigenvalue weighted by Crippen LogP contribution is 1.93. The standard InChI is InChI=1S/C7H8N2O.C6H5N3/c1-5-3-4-8-7(9-5)6(2)10;1-5-2-3-8-6(4-7)9-5/h3-4H,1-2H3;2-3H,1H3. The number of carbonyl (C=O) groups excluding carboxylic acids is 1. The van der Waals surface area contributed by atoms with Gasteiger partial charge in [0.25, 0.3) is 0 Å². The molecule has 19 heavy (non-hydrogen) atoms. The molecule has 0 saturated carbocycles. The zero-order chi connectivity index (χ0) is 14.3. The summed E-state index contributed by atoms with van der Waals surface area (Å²) in [6.07, 6.45) is 3.15. The number of nitrogens with zero attached hydrogens (tertiary/aromatic N) is 5. The fourth-order valence-electron chi connectivity index (χ4n) is 1.12. The van der Waals surface area contributed by atoms with Crippen LogP contribution in [0.4, 0.5) is 0 Å². The third-order valence-electron chi connectivity index (χ3n) is 2.00. The zero-order valence-electron chi connectivity index (χ0n) is 11.0. The molecule has 6 nitrogen and oxygen atoms in total. The summed E-state index contributed by atoms with van der Waals surface area (Å²) in [5.41, 5.74) is 1.64. The summed E-state index contributed by atoms with van der Waals surface area (Å²) in [7, 11) is 0. The predicted octanol–water partition coefficient (Wildman–Crippen LogP) is 1.64. The van der Waals surface area contributed by atoms with Crippen LogP contribution in [0.25, 0.3) is 0 Å². The normalized spacial score (nSPS) is 8.95. The molecule has 0 saturated heterocycles. The molecular formula is C13H13N5O. The Balaban J connectivity index is 0.000000191. The first kappa shape index (κ1) is 14.4. The van der Waals surface area contributed by atoms with Crippen LogP contribution >= 0.6 is 0 Å². The van der Waals surface area contributed by atoms with Gasteiger partial charge in [-0.25, -0.2) is 19.9 Å². The van der Waals surface area contributed by atoms with E-state index in [4.69, 9.17) is 5.26 Å². The van der Waals surface area contributed by atoms with Gasteiger partial charge in [-0.2, -0.15) is 5.26 Å². The van der Waals surface area contributed by atoms with E-state index in [1.807, 2.05) is 19.9 Å². The Bertz CT molecular complexity index is 618. The number of Topliss-reactive ketones (excluding diaryl/α,β-unsaturated/α-hetero) is 1. The molecule has 2 aromatic heterocycles. The first-order chi connectivity index (χ1) is 9.02. The van der Waals surface area contributed by atoms with Crippen molar-refractivity contribution in [2.75, 3.05) is 0 Å². The molecule has 0 unspecified atom stereocenters. The molecule has 2 aromatic rings. The number of nitriles is 1. The molecule has 0 bridgehead atoms. The fraction of sp³-hybridized carbons (Fsp3) is 0.231. The molecule has 0 atom stereocenters. The summed E-state index contributed by atoms with van der Waals surface area (Å²) >= 11 is 0. The molecule has 2 heterocycles. The van der Waals surface area contributed by atoms with Gasteiger partial charge in [-0.3, -0.25) is 4.79 Å². The molecule has 0 aliphatic carbocycles. The van der Waals surface area contributed by atoms with Crippen molar-refractivity contribution in [2.24, 2.45) is 0 Å². The van der Waals surface area contributed by atoms with Crippen LogP contribution in [0, 0.1) is 25.2 Å². The van der Waals surface area contributed by atoms with Gasteiger partial charge < -0.3 is 0 Å². The van der Waals surface area contributed by atoms with Crippen molar-refractivity contribution in [3.63, 3.8) is 0 Å². The van der Waals surface area contributed by atoms with Crippen LogP contribution in [0.5, 0.6) is 0 Å². The van der Waals surface area contributed by atoms with E-state index < -0.39 is 0 Å². The number of hydrogen-bond acceptors (Lipinski definition) is 6. The summed E-state index contributed by atoms with van der Waals surface area (Å²) in [6, 6.07) is 5.35. The molecule has 0 N–H and O–H groups in total. The Morgan fingerprint density at radius 3 is 2.05 bits per heavy atom. The third kappa shape index (κ3) is 5.00. The van der Waals surface area contributed by atoms with Crippen LogP contribution in [-0.2, 0) is 0 Å². The smallest absolute Gasteiger partial charge is 0.232 e. The van der Waals surface area contributed by atoms with E-state index in [2.05, 4.69) is 19.9 Å². The van der Waals surface area contributed by atoms with Crippen molar-refractivity contribution in [2.45, 2.75) is 20.8 Å². The lowest BCUT2D eigenvalue weighted by Crippen LogP contribution is -2.00. The number of hydrogen-bond donors (Lipinski definition) is 0. The van der Waals surface area contributed by atoms with Crippen LogP contribution in [0.15, 0.2) is 24.5 Å². The Morgan fingerprint density at radius 2 is 1.68 bits per heavy atom. The summed E-state index contributed by atoms with van der Waals surface area (Å²) in [4.78, 5) is 25.9. The van der Waals surface area contributed by atoms with Gasteiger partial charge in [0.15, 0.2) is 11.6 Å². The highest BCUT2D eigenvalue weighted by Gasteiger charge is 1.99. The second-order valence-electron chi connectivity index (χ2n) is 3.71. The average molecular weight is 255 g/mol. The Labute approximate surface area is 111 Å². The maximum Gasteiger partial charge on any atom is 0.232 e. The topological polar surface area (TPSA) is 92.4 Å². The van der Waals surface area contributed by atoms with Crippen molar-refractivity contribution in [1.29, 1.82) is 5.26 Å². The van der Waals surface area contributed by atoms with Crippen LogP contribution in [0.3, 0.4) is 0 Å². The lowest BCUT2D eigenvalue weighted by Gasteiger charge is -1.92. The van der Waals surface area contributed by atoms with E-state index in [0.29, 0.717) is 5.82 Å². The zero-order valence-corrected chi connectivity index (χ0v) is 11.0. The van der Waals surface area contributed by atoms with E-state index in [9.17, 15) is 4.79 Å². The minimum absolute atomic E-state index is 0.0938. The first-order valence-electron chi connectivity index (χ1n) is 5.53. The lowest BCUT2D eigenvalue weighted by atomic mass is 10.4. The monoisotopic (exact) mass is 255 g/mol. The van der Waals surface area contributed by atoms with Crippen molar-refractivity contribution < 1.29 is 4.79 Å². The van der Waals surface area contributed by atoms with Crippen molar-refractivity contribution in [3.05, 3.63) is 47.6 Å². The highest BCUT2D eigenvalue weighted by atomic mass is 16.1. The van der Waals surface area contributed by atoms with Gasteiger partial charge in [-0.1, -0.05) is 0 Å². The van der Waals surface area contributed by atoms with Crippen molar-refractivity contribution >= 4 is 5.78 Å². The van der Waals surface area contributed by atoms with E-state index in [1.54, 1.807) is 24.5 Å². The number of aryl methyl sites for hydroxylation is 2. The molecule has 6 heteroatoms. The number of aromatic nitrogens is 4. The predicted molar refractivity (Wildman–Crippen MR) is 68.3 cm³/mol. The van der Waals surface area contributed by atoms with Gasteiger partial charge in [-0.05, 0) is 26.0 Å². The second kappa shape index (κ2) is 6.91. The Kier molecular flexibility index (Phi) is 5.23. The highest BCUT2D eigenvalue weighted by molar-refractivity contribution is 5.90. The summed E-state index contributed by atoms with van der Waals surface area (Å²) in [6.45, 7) is 5.10. The van der Waals surface area contributed by atoms with Gasteiger partial charge in [0, 0.05) is 30.7 Å². The largest absolute Gasteiger partial charge is 0.291 e. The van der Waals surface area contributed by atoms with Crippen molar-refractivity contribution in [1.82, 2.24) is 19.9 Å². The van der Waals surface area contributed by atoms with Crippen LogP contribution < -0.4 is 0 Å². The molecule has 2 rings (SSSR count). The van der Waals surface area contributed by atoms with E-state index >= 15 is 0 Å². The molecule has 0 amide bonds. The summed E-state index contributed by atoms with van der Waals surface area (Å²) in [5, 5.41) is 8.29. The van der Waals surface area contributed by atoms with Gasteiger partial charge in [-0.15, -0.1) is 0 Å². The van der Waals surface area contributed by atoms with E-state index in [1.165, 1.54) is 6.92 Å². The first-order valence-corrected chi connectivity index (χ1v) is 5.53. The molecule has 0 fully saturated rings. The molecule has 96 valence electrons. The fourth-order valence-corrected chi connectivity index (χ4v) is 1.12. The minimum atomic E-state index is -0.0938. The summed E-state index contributed by atoms with van der Waals surface area (Å²) < 4.78 is 0. The molecule has 0 aliphatic rings. The van der Waals surface area contributed by atoms with Crippen molar-refractivity contribution in [3.8, 4) is 6.07 Å². The quantitative estimate of drug-likeness (QED) is 0.719. The molecule has 0 radical (unpaired) electrons. The molecule has 0 aliphatic heterocycles. The van der Waals surface area contributed by atoms with E-state index in [0.717, 1.165) is 11.4 Å². The van der Waals surface area contributed by atoms with E-state index in [-0.39, 0.29) is 11.6 Å². The minimum Gasteiger partial charge on any atom is -0.291 e. The molecular weight excluding hydrogens is 242 g/mol. The Hall–Kier alpha value is -2.68. The summed E-state index contributed by atoms with van der Waals surface area (Å²) in [5.74, 6) is 0.429. The van der Waals surface area contributed by atoms with Gasteiger partial charge >= 0.3 is 0 Å². The van der Waals surface area contributed by atoms with Gasteiger partial charge in [0.05, 0.1) is 0 Å².